The summed E-state index contributed by atoms with van der Waals surface area (Å²) in [5.41, 5.74) is 0.224. The zero-order valence-electron chi connectivity index (χ0n) is 11.1. The van der Waals surface area contributed by atoms with Crippen LogP contribution in [0.1, 0.15) is 30.1 Å². The summed E-state index contributed by atoms with van der Waals surface area (Å²) in [6, 6.07) is 1.25. The molecule has 2 atom stereocenters. The standard InChI is InChI=1S/C13H18FN3O2/c1-8-5-10(3-4-19-8)17-13(18)11-6-9(14)7-16-12(11)15-2/h6-8,10H,3-5H2,1-2H3,(H,15,16)(H,17,18). The Morgan fingerprint density at radius 3 is 3.05 bits per heavy atom. The Morgan fingerprint density at radius 1 is 1.58 bits per heavy atom. The van der Waals surface area contributed by atoms with Gasteiger partial charge in [-0.15, -0.1) is 0 Å². The van der Waals surface area contributed by atoms with Crippen molar-refractivity contribution in [3.05, 3.63) is 23.6 Å². The fraction of sp³-hybridized carbons (Fsp3) is 0.538. The van der Waals surface area contributed by atoms with Crippen molar-refractivity contribution in [1.29, 1.82) is 0 Å². The summed E-state index contributed by atoms with van der Waals surface area (Å²) in [4.78, 5) is 16.0. The monoisotopic (exact) mass is 267 g/mol. The van der Waals surface area contributed by atoms with Gasteiger partial charge in [-0.2, -0.15) is 0 Å². The lowest BCUT2D eigenvalue weighted by molar-refractivity contribution is 0.0136. The molecule has 0 spiro atoms. The van der Waals surface area contributed by atoms with Gasteiger partial charge in [0.25, 0.3) is 5.91 Å². The van der Waals surface area contributed by atoms with Crippen molar-refractivity contribution in [2.45, 2.75) is 31.9 Å². The van der Waals surface area contributed by atoms with E-state index in [1.165, 1.54) is 6.07 Å². The van der Waals surface area contributed by atoms with Crippen LogP contribution in [-0.2, 0) is 4.74 Å². The average Bonchev–Trinajstić information content (AvgIpc) is 2.38. The summed E-state index contributed by atoms with van der Waals surface area (Å²) >= 11 is 0. The molecule has 19 heavy (non-hydrogen) atoms. The number of nitrogens with zero attached hydrogens (tertiary/aromatic N) is 1. The van der Waals surface area contributed by atoms with Gasteiger partial charge >= 0.3 is 0 Å². The summed E-state index contributed by atoms with van der Waals surface area (Å²) in [7, 11) is 1.65. The van der Waals surface area contributed by atoms with Gasteiger partial charge in [-0.25, -0.2) is 9.37 Å². The SMILES string of the molecule is CNc1ncc(F)cc1C(=O)NC1CCOC(C)C1. The van der Waals surface area contributed by atoms with Gasteiger partial charge in [-0.1, -0.05) is 0 Å². The van der Waals surface area contributed by atoms with E-state index in [4.69, 9.17) is 4.74 Å². The van der Waals surface area contributed by atoms with E-state index in [2.05, 4.69) is 15.6 Å². The molecule has 0 bridgehead atoms. The van der Waals surface area contributed by atoms with Gasteiger partial charge in [0.15, 0.2) is 0 Å². The van der Waals surface area contributed by atoms with E-state index in [0.29, 0.717) is 12.4 Å². The zero-order valence-corrected chi connectivity index (χ0v) is 11.1. The van der Waals surface area contributed by atoms with Gasteiger partial charge in [-0.05, 0) is 25.8 Å². The molecule has 2 unspecified atom stereocenters. The molecule has 0 aliphatic carbocycles. The van der Waals surface area contributed by atoms with Gasteiger partial charge in [0.1, 0.15) is 11.6 Å². The van der Waals surface area contributed by atoms with E-state index in [0.717, 1.165) is 19.0 Å². The molecule has 1 aliphatic heterocycles. The van der Waals surface area contributed by atoms with Crippen LogP contribution < -0.4 is 10.6 Å². The van der Waals surface area contributed by atoms with Crippen LogP contribution in [0.2, 0.25) is 0 Å². The van der Waals surface area contributed by atoms with E-state index >= 15 is 0 Å². The molecule has 1 aliphatic rings. The highest BCUT2D eigenvalue weighted by atomic mass is 19.1. The quantitative estimate of drug-likeness (QED) is 0.872. The maximum Gasteiger partial charge on any atom is 0.255 e. The predicted molar refractivity (Wildman–Crippen MR) is 69.6 cm³/mol. The molecule has 1 aromatic rings. The summed E-state index contributed by atoms with van der Waals surface area (Å²) in [5.74, 6) is -0.459. The Labute approximate surface area is 111 Å². The van der Waals surface area contributed by atoms with Crippen LogP contribution in [0.3, 0.4) is 0 Å². The third-order valence-electron chi connectivity index (χ3n) is 3.16. The summed E-state index contributed by atoms with van der Waals surface area (Å²) in [6.45, 7) is 2.60. The number of hydrogen-bond donors (Lipinski definition) is 2. The maximum absolute atomic E-state index is 13.2. The first-order valence-corrected chi connectivity index (χ1v) is 6.36. The van der Waals surface area contributed by atoms with Crippen molar-refractivity contribution < 1.29 is 13.9 Å². The second-order valence-electron chi connectivity index (χ2n) is 4.68. The minimum Gasteiger partial charge on any atom is -0.378 e. The van der Waals surface area contributed by atoms with Crippen molar-refractivity contribution >= 4 is 11.7 Å². The van der Waals surface area contributed by atoms with E-state index in [9.17, 15) is 9.18 Å². The Bertz CT molecular complexity index is 467. The second-order valence-corrected chi connectivity index (χ2v) is 4.68. The second kappa shape index (κ2) is 5.97. The molecular weight excluding hydrogens is 249 g/mol. The van der Waals surface area contributed by atoms with E-state index in [1.807, 2.05) is 6.92 Å². The number of aromatic nitrogens is 1. The van der Waals surface area contributed by atoms with Crippen LogP contribution in [-0.4, -0.2) is 36.7 Å². The lowest BCUT2D eigenvalue weighted by Gasteiger charge is -2.28. The highest BCUT2D eigenvalue weighted by molar-refractivity contribution is 5.98. The number of anilines is 1. The Hall–Kier alpha value is -1.69. The van der Waals surface area contributed by atoms with Crippen LogP contribution >= 0.6 is 0 Å². The average molecular weight is 267 g/mol. The largest absolute Gasteiger partial charge is 0.378 e. The van der Waals surface area contributed by atoms with E-state index < -0.39 is 5.82 Å². The van der Waals surface area contributed by atoms with Crippen LogP contribution in [0.4, 0.5) is 10.2 Å². The Kier molecular flexibility index (Phi) is 4.31. The smallest absolute Gasteiger partial charge is 0.255 e. The van der Waals surface area contributed by atoms with Crippen LogP contribution in [0.15, 0.2) is 12.3 Å². The maximum atomic E-state index is 13.2. The Morgan fingerprint density at radius 2 is 2.37 bits per heavy atom. The normalized spacial score (nSPS) is 22.9. The number of carbonyl (C=O) groups is 1. The molecule has 2 rings (SSSR count). The third-order valence-corrected chi connectivity index (χ3v) is 3.16. The van der Waals surface area contributed by atoms with E-state index in [1.54, 1.807) is 7.05 Å². The number of carbonyl (C=O) groups excluding carboxylic acids is 1. The molecule has 0 aromatic carbocycles. The summed E-state index contributed by atoms with van der Waals surface area (Å²) in [5, 5.41) is 5.69. The lowest BCUT2D eigenvalue weighted by Crippen LogP contribution is -2.41. The molecular formula is C13H18FN3O2. The number of nitrogens with one attached hydrogen (secondary N) is 2. The van der Waals surface area contributed by atoms with Crippen molar-refractivity contribution in [1.82, 2.24) is 10.3 Å². The highest BCUT2D eigenvalue weighted by Crippen LogP contribution is 2.16. The zero-order chi connectivity index (χ0) is 13.8. The molecule has 2 N–H and O–H groups in total. The molecule has 1 amide bonds. The number of pyridine rings is 1. The van der Waals surface area contributed by atoms with Gasteiger partial charge in [0, 0.05) is 19.7 Å². The highest BCUT2D eigenvalue weighted by Gasteiger charge is 2.22. The van der Waals surface area contributed by atoms with Gasteiger partial charge in [0.2, 0.25) is 0 Å². The first kappa shape index (κ1) is 13.7. The number of hydrogen-bond acceptors (Lipinski definition) is 4. The molecule has 1 aromatic heterocycles. The topological polar surface area (TPSA) is 63.2 Å². The number of rotatable bonds is 3. The minimum absolute atomic E-state index is 0.0595. The molecule has 1 saturated heterocycles. The van der Waals surface area contributed by atoms with Crippen LogP contribution in [0.25, 0.3) is 0 Å². The predicted octanol–water partition coefficient (Wildman–Crippen LogP) is 1.56. The minimum atomic E-state index is -0.524. The first-order chi connectivity index (χ1) is 9.10. The van der Waals surface area contributed by atoms with Gasteiger partial charge in [0.05, 0.1) is 17.9 Å². The molecule has 5 nitrogen and oxygen atoms in total. The molecule has 2 heterocycles. The van der Waals surface area contributed by atoms with Gasteiger partial charge in [-0.3, -0.25) is 4.79 Å². The molecule has 0 radical (unpaired) electrons. The number of amides is 1. The first-order valence-electron chi connectivity index (χ1n) is 6.36. The lowest BCUT2D eigenvalue weighted by atomic mass is 10.0. The van der Waals surface area contributed by atoms with Crippen molar-refractivity contribution in [2.24, 2.45) is 0 Å². The molecule has 0 saturated carbocycles. The fourth-order valence-electron chi connectivity index (χ4n) is 2.20. The summed E-state index contributed by atoms with van der Waals surface area (Å²) in [6.07, 6.45) is 2.75. The van der Waals surface area contributed by atoms with Gasteiger partial charge < -0.3 is 15.4 Å². The fourth-order valence-corrected chi connectivity index (χ4v) is 2.20. The van der Waals surface area contributed by atoms with Crippen molar-refractivity contribution in [3.63, 3.8) is 0 Å². The van der Waals surface area contributed by atoms with Crippen molar-refractivity contribution in [2.75, 3.05) is 19.0 Å². The summed E-state index contributed by atoms with van der Waals surface area (Å²) < 4.78 is 18.6. The molecule has 6 heteroatoms. The Balaban J connectivity index is 2.09. The van der Waals surface area contributed by atoms with E-state index in [-0.39, 0.29) is 23.6 Å². The number of halogens is 1. The van der Waals surface area contributed by atoms with Crippen molar-refractivity contribution in [3.8, 4) is 0 Å². The molecule has 104 valence electrons. The number of ether oxygens (including phenoxy) is 1. The molecule has 1 fully saturated rings. The van der Waals surface area contributed by atoms with Crippen LogP contribution in [0, 0.1) is 5.82 Å². The van der Waals surface area contributed by atoms with Crippen LogP contribution in [0.5, 0.6) is 0 Å². The third kappa shape index (κ3) is 3.41.